The number of anilines is 1. The summed E-state index contributed by atoms with van der Waals surface area (Å²) in [6.07, 6.45) is 0.702. The number of hydrogen-bond acceptors (Lipinski definition) is 2. The SMILES string of the molecule is OCCc1cccc2c1c1ccccc1c1[n+]2CCN1. The summed E-state index contributed by atoms with van der Waals surface area (Å²) in [5.74, 6) is 1.22. The number of aliphatic hydroxyl groups is 1. The summed E-state index contributed by atoms with van der Waals surface area (Å²) in [7, 11) is 0. The molecule has 0 spiro atoms. The lowest BCUT2D eigenvalue weighted by Crippen LogP contribution is -2.32. The molecule has 4 rings (SSSR count). The highest BCUT2D eigenvalue weighted by molar-refractivity contribution is 6.09. The summed E-state index contributed by atoms with van der Waals surface area (Å²) in [5.41, 5.74) is 2.48. The lowest BCUT2D eigenvalue weighted by atomic mass is 9.99. The number of pyridine rings is 1. The van der Waals surface area contributed by atoms with Gasteiger partial charge in [0.15, 0.2) is 0 Å². The topological polar surface area (TPSA) is 36.1 Å². The van der Waals surface area contributed by atoms with Crippen molar-refractivity contribution < 1.29 is 9.67 Å². The molecule has 0 amide bonds. The van der Waals surface area contributed by atoms with Crippen LogP contribution in [-0.4, -0.2) is 18.3 Å². The molecule has 0 aliphatic carbocycles. The van der Waals surface area contributed by atoms with E-state index >= 15 is 0 Å². The van der Waals surface area contributed by atoms with Crippen LogP contribution >= 0.6 is 0 Å². The third-order valence-electron chi connectivity index (χ3n) is 4.15. The van der Waals surface area contributed by atoms with Crippen LogP contribution in [0.1, 0.15) is 5.56 Å². The van der Waals surface area contributed by atoms with E-state index in [0.717, 1.165) is 13.1 Å². The van der Waals surface area contributed by atoms with Gasteiger partial charge in [0.05, 0.1) is 5.39 Å². The predicted molar refractivity (Wildman–Crippen MR) is 80.9 cm³/mol. The van der Waals surface area contributed by atoms with Crippen molar-refractivity contribution in [3.05, 3.63) is 48.0 Å². The van der Waals surface area contributed by atoms with Gasteiger partial charge in [-0.1, -0.05) is 30.3 Å². The molecule has 0 fully saturated rings. The Labute approximate surface area is 117 Å². The number of benzene rings is 2. The fourth-order valence-corrected chi connectivity index (χ4v) is 3.33. The van der Waals surface area contributed by atoms with Gasteiger partial charge in [-0.25, -0.2) is 4.57 Å². The van der Waals surface area contributed by atoms with E-state index in [1.165, 1.54) is 33.1 Å². The van der Waals surface area contributed by atoms with E-state index in [9.17, 15) is 5.11 Å². The standard InChI is InChI=1S/C17H16N2O/c20-11-8-12-4-3-7-15-16(12)13-5-1-2-6-14(13)17-18-9-10-19(15)17/h1-7,20H,8-11H2/p+1. The van der Waals surface area contributed by atoms with Gasteiger partial charge in [-0.15, -0.1) is 0 Å². The first-order valence-corrected chi connectivity index (χ1v) is 7.11. The van der Waals surface area contributed by atoms with Crippen molar-refractivity contribution in [1.82, 2.24) is 0 Å². The third-order valence-corrected chi connectivity index (χ3v) is 4.15. The molecular formula is C17H17N2O+. The quantitative estimate of drug-likeness (QED) is 0.550. The monoisotopic (exact) mass is 265 g/mol. The van der Waals surface area contributed by atoms with Crippen LogP contribution in [0.4, 0.5) is 5.82 Å². The Morgan fingerprint density at radius 2 is 1.90 bits per heavy atom. The fraction of sp³-hybridized carbons (Fsp3) is 0.235. The van der Waals surface area contributed by atoms with Gasteiger partial charge < -0.3 is 5.11 Å². The van der Waals surface area contributed by atoms with Crippen LogP contribution in [0.3, 0.4) is 0 Å². The minimum absolute atomic E-state index is 0.188. The highest BCUT2D eigenvalue weighted by Gasteiger charge is 2.25. The van der Waals surface area contributed by atoms with E-state index in [1.54, 1.807) is 0 Å². The minimum atomic E-state index is 0.188. The van der Waals surface area contributed by atoms with E-state index < -0.39 is 0 Å². The number of nitrogens with zero attached hydrogens (tertiary/aromatic N) is 1. The smallest absolute Gasteiger partial charge is 0.283 e. The molecule has 100 valence electrons. The van der Waals surface area contributed by atoms with Crippen LogP contribution in [0.2, 0.25) is 0 Å². The van der Waals surface area contributed by atoms with Crippen LogP contribution in [0.25, 0.3) is 21.7 Å². The van der Waals surface area contributed by atoms with Crippen molar-refractivity contribution in [3.8, 4) is 0 Å². The summed E-state index contributed by atoms with van der Waals surface area (Å²) in [5, 5.41) is 16.6. The maximum atomic E-state index is 9.33. The molecule has 2 heterocycles. The van der Waals surface area contributed by atoms with Crippen LogP contribution in [0.15, 0.2) is 42.5 Å². The minimum Gasteiger partial charge on any atom is -0.396 e. The molecule has 0 bridgehead atoms. The largest absolute Gasteiger partial charge is 0.396 e. The molecule has 3 nitrogen and oxygen atoms in total. The van der Waals surface area contributed by atoms with Gasteiger partial charge in [0.25, 0.3) is 5.82 Å². The first-order valence-electron chi connectivity index (χ1n) is 7.11. The Morgan fingerprint density at radius 3 is 2.75 bits per heavy atom. The van der Waals surface area contributed by atoms with Crippen LogP contribution in [0.5, 0.6) is 0 Å². The highest BCUT2D eigenvalue weighted by atomic mass is 16.2. The van der Waals surface area contributed by atoms with Gasteiger partial charge in [-0.2, -0.15) is 0 Å². The van der Waals surface area contributed by atoms with Crippen molar-refractivity contribution in [2.24, 2.45) is 0 Å². The van der Waals surface area contributed by atoms with Gasteiger partial charge in [0, 0.05) is 17.4 Å². The van der Waals surface area contributed by atoms with E-state index in [-0.39, 0.29) is 6.61 Å². The number of fused-ring (bicyclic) bond motifs is 6. The molecule has 0 unspecified atom stereocenters. The van der Waals surface area contributed by atoms with Crippen molar-refractivity contribution in [1.29, 1.82) is 0 Å². The summed E-state index contributed by atoms with van der Waals surface area (Å²) in [4.78, 5) is 0. The zero-order chi connectivity index (χ0) is 13.5. The molecule has 0 atom stereocenters. The lowest BCUT2D eigenvalue weighted by Gasteiger charge is -2.11. The van der Waals surface area contributed by atoms with Crippen molar-refractivity contribution >= 4 is 27.5 Å². The summed E-state index contributed by atoms with van der Waals surface area (Å²) >= 11 is 0. The number of rotatable bonds is 2. The second-order valence-corrected chi connectivity index (χ2v) is 5.26. The first-order chi connectivity index (χ1) is 9.90. The number of aliphatic hydroxyl groups excluding tert-OH is 1. The second kappa shape index (κ2) is 4.46. The van der Waals surface area contributed by atoms with Crippen molar-refractivity contribution in [3.63, 3.8) is 0 Å². The molecule has 0 saturated heterocycles. The maximum Gasteiger partial charge on any atom is 0.283 e. The molecule has 1 aliphatic rings. The van der Waals surface area contributed by atoms with E-state index in [4.69, 9.17) is 0 Å². The van der Waals surface area contributed by atoms with Crippen LogP contribution in [-0.2, 0) is 13.0 Å². The molecule has 0 radical (unpaired) electrons. The first kappa shape index (κ1) is 11.7. The maximum absolute atomic E-state index is 9.33. The molecule has 3 heteroatoms. The molecule has 1 aliphatic heterocycles. The molecule has 2 aromatic carbocycles. The van der Waals surface area contributed by atoms with Gasteiger partial charge in [-0.05, 0) is 24.1 Å². The van der Waals surface area contributed by atoms with Crippen molar-refractivity contribution in [2.45, 2.75) is 13.0 Å². The number of hydrogen-bond donors (Lipinski definition) is 2. The molecule has 1 aromatic heterocycles. The zero-order valence-corrected chi connectivity index (χ0v) is 11.3. The Balaban J connectivity index is 2.23. The summed E-state index contributed by atoms with van der Waals surface area (Å²) in [6.45, 7) is 2.17. The van der Waals surface area contributed by atoms with Gasteiger partial charge >= 0.3 is 0 Å². The highest BCUT2D eigenvalue weighted by Crippen LogP contribution is 2.31. The Bertz CT molecular complexity index is 811. The zero-order valence-electron chi connectivity index (χ0n) is 11.3. The summed E-state index contributed by atoms with van der Waals surface area (Å²) < 4.78 is 2.36. The second-order valence-electron chi connectivity index (χ2n) is 5.26. The lowest BCUT2D eigenvalue weighted by molar-refractivity contribution is -0.643. The van der Waals surface area contributed by atoms with Gasteiger partial charge in [0.1, 0.15) is 18.6 Å². The predicted octanol–water partition coefficient (Wildman–Crippen LogP) is 2.24. The molecule has 2 N–H and O–H groups in total. The average Bonchev–Trinajstić information content (AvgIpc) is 2.98. The van der Waals surface area contributed by atoms with Gasteiger partial charge in [0.2, 0.25) is 0 Å². The Hall–Kier alpha value is -2.13. The average molecular weight is 265 g/mol. The molecule has 20 heavy (non-hydrogen) atoms. The fourth-order valence-electron chi connectivity index (χ4n) is 3.33. The van der Waals surface area contributed by atoms with Crippen LogP contribution < -0.4 is 9.88 Å². The molecular weight excluding hydrogens is 248 g/mol. The number of nitrogens with one attached hydrogen (secondary N) is 1. The summed E-state index contributed by atoms with van der Waals surface area (Å²) in [6, 6.07) is 14.9. The third kappa shape index (κ3) is 1.53. The van der Waals surface area contributed by atoms with Gasteiger partial charge in [-0.3, -0.25) is 5.32 Å². The van der Waals surface area contributed by atoms with Crippen molar-refractivity contribution in [2.75, 3.05) is 18.5 Å². The normalized spacial score (nSPS) is 13.7. The molecule has 0 saturated carbocycles. The number of aromatic nitrogens is 1. The molecule has 3 aromatic rings. The Kier molecular flexibility index (Phi) is 2.60. The van der Waals surface area contributed by atoms with E-state index in [1.807, 2.05) is 0 Å². The van der Waals surface area contributed by atoms with E-state index in [2.05, 4.69) is 52.3 Å². The Morgan fingerprint density at radius 1 is 1.05 bits per heavy atom. The van der Waals surface area contributed by atoms with E-state index in [0.29, 0.717) is 6.42 Å². The van der Waals surface area contributed by atoms with Crippen LogP contribution in [0, 0.1) is 0 Å².